The lowest BCUT2D eigenvalue weighted by Crippen LogP contribution is -2.46. The number of nitrogens with one attached hydrogen (secondary N) is 1. The van der Waals surface area contributed by atoms with Crippen LogP contribution in [0.2, 0.25) is 0 Å². The number of nitrogen functional groups attached to an aromatic ring is 1. The number of rotatable bonds is 4. The number of nitrogens with two attached hydrogens (primary N) is 1. The van der Waals surface area contributed by atoms with Crippen molar-refractivity contribution < 1.29 is 13.2 Å². The van der Waals surface area contributed by atoms with Crippen molar-refractivity contribution in [3.63, 3.8) is 0 Å². The van der Waals surface area contributed by atoms with Crippen LogP contribution in [-0.4, -0.2) is 54.4 Å². The molecule has 1 fully saturated rings. The second kappa shape index (κ2) is 6.02. The average molecular weight is 315 g/mol. The molecule has 0 aliphatic carbocycles. The highest BCUT2D eigenvalue weighted by molar-refractivity contribution is 7.88. The third-order valence-electron chi connectivity index (χ3n) is 3.53. The topological polar surface area (TPSA) is 110 Å². The van der Waals surface area contributed by atoms with Crippen LogP contribution in [0, 0.1) is 0 Å². The maximum Gasteiger partial charge on any atom is 0.274 e. The summed E-state index contributed by atoms with van der Waals surface area (Å²) in [6.45, 7) is 3.47. The van der Waals surface area contributed by atoms with Crippen LogP contribution in [0.15, 0.2) is 6.20 Å². The zero-order valence-electron chi connectivity index (χ0n) is 12.2. The maximum atomic E-state index is 12.5. The van der Waals surface area contributed by atoms with E-state index in [0.29, 0.717) is 43.9 Å². The summed E-state index contributed by atoms with van der Waals surface area (Å²) >= 11 is 0. The molecule has 1 aromatic heterocycles. The first-order valence-corrected chi connectivity index (χ1v) is 8.78. The number of hydrogen-bond acceptors (Lipinski definition) is 5. The summed E-state index contributed by atoms with van der Waals surface area (Å²) in [5, 5.41) is 4.07. The molecular weight excluding hydrogens is 294 g/mol. The quantitative estimate of drug-likeness (QED) is 0.788. The minimum absolute atomic E-state index is 0.113. The number of anilines is 1. The van der Waals surface area contributed by atoms with Gasteiger partial charge >= 0.3 is 0 Å². The first-order valence-electron chi connectivity index (χ1n) is 6.89. The first-order chi connectivity index (χ1) is 9.81. The van der Waals surface area contributed by atoms with E-state index in [0.717, 1.165) is 6.26 Å². The molecule has 9 heteroatoms. The van der Waals surface area contributed by atoms with Crippen molar-refractivity contribution in [2.75, 3.05) is 25.1 Å². The fourth-order valence-electron chi connectivity index (χ4n) is 2.53. The Bertz CT molecular complexity index is 617. The fraction of sp³-hybridized carbons (Fsp3) is 0.667. The molecule has 0 radical (unpaired) electrons. The number of carbonyl (C=O) groups excluding carboxylic acids is 1. The van der Waals surface area contributed by atoms with Gasteiger partial charge in [-0.1, -0.05) is 0 Å². The molecule has 1 saturated heterocycles. The molecule has 0 aromatic carbocycles. The van der Waals surface area contributed by atoms with Gasteiger partial charge in [-0.05, 0) is 19.8 Å². The third kappa shape index (κ3) is 3.73. The molecule has 1 amide bonds. The second-order valence-corrected chi connectivity index (χ2v) is 7.00. The predicted molar refractivity (Wildman–Crippen MR) is 79.2 cm³/mol. The molecule has 0 bridgehead atoms. The predicted octanol–water partition coefficient (Wildman–Crippen LogP) is -0.361. The highest BCUT2D eigenvalue weighted by atomic mass is 32.2. The van der Waals surface area contributed by atoms with E-state index in [1.807, 2.05) is 6.92 Å². The number of amides is 1. The average Bonchev–Trinajstić information content (AvgIpc) is 2.78. The summed E-state index contributed by atoms with van der Waals surface area (Å²) in [6, 6.07) is -0.113. The summed E-state index contributed by atoms with van der Waals surface area (Å²) in [4.78, 5) is 14.2. The Morgan fingerprint density at radius 3 is 2.62 bits per heavy atom. The Hall–Kier alpha value is -1.61. The van der Waals surface area contributed by atoms with Gasteiger partial charge in [0, 0.05) is 25.7 Å². The molecule has 0 unspecified atom stereocenters. The molecule has 1 aliphatic heterocycles. The lowest BCUT2D eigenvalue weighted by atomic mass is 10.1. The van der Waals surface area contributed by atoms with Gasteiger partial charge in [0.25, 0.3) is 5.91 Å². The standard InChI is InChI=1S/C12H21N5O3S/c1-3-17-11(10(13)8-14-17)12(18)16-6-4-9(5-7-16)15-21(2,19)20/h8-9,15H,3-7,13H2,1-2H3. The van der Waals surface area contributed by atoms with Crippen molar-refractivity contribution in [1.82, 2.24) is 19.4 Å². The van der Waals surface area contributed by atoms with E-state index in [1.54, 1.807) is 9.58 Å². The molecule has 1 aliphatic rings. The fourth-order valence-corrected chi connectivity index (χ4v) is 3.37. The zero-order chi connectivity index (χ0) is 15.6. The largest absolute Gasteiger partial charge is 0.396 e. The van der Waals surface area contributed by atoms with Crippen LogP contribution >= 0.6 is 0 Å². The third-order valence-corrected chi connectivity index (χ3v) is 4.29. The van der Waals surface area contributed by atoms with E-state index in [2.05, 4.69) is 9.82 Å². The van der Waals surface area contributed by atoms with Crippen molar-refractivity contribution in [1.29, 1.82) is 0 Å². The van der Waals surface area contributed by atoms with Gasteiger partial charge in [0.15, 0.2) is 0 Å². The minimum atomic E-state index is -3.21. The Morgan fingerprint density at radius 2 is 2.10 bits per heavy atom. The van der Waals surface area contributed by atoms with Gasteiger partial charge in [0.1, 0.15) is 5.69 Å². The van der Waals surface area contributed by atoms with Gasteiger partial charge in [0.2, 0.25) is 10.0 Å². The van der Waals surface area contributed by atoms with Gasteiger partial charge in [-0.25, -0.2) is 13.1 Å². The van der Waals surface area contributed by atoms with Crippen LogP contribution in [0.1, 0.15) is 30.3 Å². The monoisotopic (exact) mass is 315 g/mol. The number of piperidine rings is 1. The summed E-state index contributed by atoms with van der Waals surface area (Å²) in [6.07, 6.45) is 3.82. The molecule has 8 nitrogen and oxygen atoms in total. The number of nitrogens with zero attached hydrogens (tertiary/aromatic N) is 3. The van der Waals surface area contributed by atoms with E-state index in [9.17, 15) is 13.2 Å². The van der Waals surface area contributed by atoms with Crippen LogP contribution in [0.5, 0.6) is 0 Å². The van der Waals surface area contributed by atoms with Crippen LogP contribution in [0.25, 0.3) is 0 Å². The molecule has 1 aromatic rings. The highest BCUT2D eigenvalue weighted by Gasteiger charge is 2.28. The molecule has 21 heavy (non-hydrogen) atoms. The smallest absolute Gasteiger partial charge is 0.274 e. The second-order valence-electron chi connectivity index (χ2n) is 5.22. The van der Waals surface area contributed by atoms with E-state index < -0.39 is 10.0 Å². The number of aryl methyl sites for hydroxylation is 1. The number of sulfonamides is 1. The number of aromatic nitrogens is 2. The molecular formula is C12H21N5O3S. The van der Waals surface area contributed by atoms with E-state index in [4.69, 9.17) is 5.73 Å². The molecule has 0 spiro atoms. The minimum Gasteiger partial charge on any atom is -0.396 e. The molecule has 0 saturated carbocycles. The van der Waals surface area contributed by atoms with Gasteiger partial charge < -0.3 is 10.6 Å². The summed E-state index contributed by atoms with van der Waals surface area (Å²) in [5.41, 5.74) is 6.60. The van der Waals surface area contributed by atoms with Crippen molar-refractivity contribution in [2.24, 2.45) is 0 Å². The van der Waals surface area contributed by atoms with E-state index in [1.165, 1.54) is 6.20 Å². The molecule has 3 N–H and O–H groups in total. The Morgan fingerprint density at radius 1 is 1.48 bits per heavy atom. The van der Waals surface area contributed by atoms with E-state index >= 15 is 0 Å². The lowest BCUT2D eigenvalue weighted by Gasteiger charge is -2.32. The van der Waals surface area contributed by atoms with Crippen LogP contribution in [0.4, 0.5) is 5.69 Å². The van der Waals surface area contributed by atoms with Crippen LogP contribution in [0.3, 0.4) is 0 Å². The Kier molecular flexibility index (Phi) is 4.52. The summed E-state index contributed by atoms with van der Waals surface area (Å²) in [5.74, 6) is -0.148. The SMILES string of the molecule is CCn1ncc(N)c1C(=O)N1CCC(NS(C)(=O)=O)CC1. The van der Waals surface area contributed by atoms with Gasteiger partial charge in [-0.2, -0.15) is 5.10 Å². The van der Waals surface area contributed by atoms with Crippen molar-refractivity contribution in [3.8, 4) is 0 Å². The molecule has 2 rings (SSSR count). The molecule has 118 valence electrons. The van der Waals surface area contributed by atoms with Crippen molar-refractivity contribution in [2.45, 2.75) is 32.4 Å². The summed E-state index contributed by atoms with van der Waals surface area (Å²) in [7, 11) is -3.21. The summed E-state index contributed by atoms with van der Waals surface area (Å²) < 4.78 is 26.6. The zero-order valence-corrected chi connectivity index (χ0v) is 13.1. The Labute approximate surface area is 124 Å². The lowest BCUT2D eigenvalue weighted by molar-refractivity contribution is 0.0700. The molecule has 2 heterocycles. The van der Waals surface area contributed by atoms with Gasteiger partial charge in [0.05, 0.1) is 18.1 Å². The van der Waals surface area contributed by atoms with E-state index in [-0.39, 0.29) is 11.9 Å². The number of carbonyl (C=O) groups is 1. The normalized spacial score (nSPS) is 17.1. The van der Waals surface area contributed by atoms with Gasteiger partial charge in [-0.15, -0.1) is 0 Å². The Balaban J connectivity index is 2.02. The van der Waals surface area contributed by atoms with Crippen LogP contribution < -0.4 is 10.5 Å². The van der Waals surface area contributed by atoms with Crippen molar-refractivity contribution >= 4 is 21.6 Å². The van der Waals surface area contributed by atoms with Gasteiger partial charge in [-0.3, -0.25) is 9.48 Å². The van der Waals surface area contributed by atoms with Crippen molar-refractivity contribution in [3.05, 3.63) is 11.9 Å². The van der Waals surface area contributed by atoms with Crippen LogP contribution in [-0.2, 0) is 16.6 Å². The number of hydrogen-bond donors (Lipinski definition) is 2. The highest BCUT2D eigenvalue weighted by Crippen LogP contribution is 2.18. The first kappa shape index (κ1) is 15.8. The number of likely N-dealkylation sites (tertiary alicyclic amines) is 1. The molecule has 0 atom stereocenters. The maximum absolute atomic E-state index is 12.5.